The second-order valence-electron chi connectivity index (χ2n) is 28.7. The summed E-state index contributed by atoms with van der Waals surface area (Å²) >= 11 is 0. The number of nitrogens with one attached hydrogen (secondary N) is 9. The van der Waals surface area contributed by atoms with Gasteiger partial charge in [0.15, 0.2) is 17.9 Å². The number of benzene rings is 5. The molecule has 10 amide bonds. The van der Waals surface area contributed by atoms with Crippen LogP contribution < -0.4 is 58.3 Å². The van der Waals surface area contributed by atoms with Crippen molar-refractivity contribution in [3.05, 3.63) is 141 Å². The van der Waals surface area contributed by atoms with Gasteiger partial charge in [-0.2, -0.15) is 0 Å². The molecule has 0 aromatic heterocycles. The largest absolute Gasteiger partial charge is 0.508 e. The van der Waals surface area contributed by atoms with Crippen molar-refractivity contribution in [1.29, 1.82) is 0 Å². The number of hydrogen-bond donors (Lipinski definition) is 19. The Morgan fingerprint density at radius 2 is 1.15 bits per heavy atom. The fourth-order valence-electron chi connectivity index (χ4n) is 14.4. The topological polar surface area (TPSA) is 575 Å². The van der Waals surface area contributed by atoms with E-state index in [1.165, 1.54) is 56.5 Å². The van der Waals surface area contributed by atoms with E-state index in [1.54, 1.807) is 13.8 Å². The number of aliphatic hydroxyl groups is 6. The Labute approximate surface area is 652 Å². The Balaban J connectivity index is 0.815. The third-order valence-electron chi connectivity index (χ3n) is 20.2. The Kier molecular flexibility index (Phi) is 29.1. The van der Waals surface area contributed by atoms with Crippen LogP contribution in [-0.2, 0) is 75.0 Å². The summed E-state index contributed by atoms with van der Waals surface area (Å²) in [4.78, 5) is 178. The number of fused-ring (bicyclic) bond motifs is 6. The molecule has 612 valence electrons. The molecule has 1 aliphatic heterocycles. The lowest BCUT2D eigenvalue weighted by atomic mass is 9.72. The van der Waals surface area contributed by atoms with Gasteiger partial charge in [-0.3, -0.25) is 57.5 Å². The number of Topliss-reactive ketones (excluding diaryl/α,β-unsaturated/α-hetero) is 1. The van der Waals surface area contributed by atoms with E-state index < -0.39 is 242 Å². The van der Waals surface area contributed by atoms with E-state index in [9.17, 15) is 108 Å². The van der Waals surface area contributed by atoms with Gasteiger partial charge in [0.1, 0.15) is 90.2 Å². The number of ether oxygens (including phenoxy) is 4. The van der Waals surface area contributed by atoms with Gasteiger partial charge >= 0.3 is 6.09 Å². The highest BCUT2D eigenvalue weighted by molar-refractivity contribution is 6.31. The molecule has 20 N–H and O–H groups in total. The van der Waals surface area contributed by atoms with Gasteiger partial charge in [0.25, 0.3) is 0 Å². The number of carbonyl (C=O) groups is 13. The Morgan fingerprint density at radius 1 is 0.623 bits per heavy atom. The van der Waals surface area contributed by atoms with Crippen LogP contribution in [-0.4, -0.2) is 242 Å². The van der Waals surface area contributed by atoms with Crippen molar-refractivity contribution in [1.82, 2.24) is 47.9 Å². The van der Waals surface area contributed by atoms with Gasteiger partial charge in [0, 0.05) is 68.2 Å². The van der Waals surface area contributed by atoms with E-state index in [0.29, 0.717) is 5.56 Å². The summed E-state index contributed by atoms with van der Waals surface area (Å²) in [5.41, 5.74) is 4.88. The molecular weight excluding hydrogens is 1490 g/mol. The lowest BCUT2D eigenvalue weighted by molar-refractivity contribution is -0.249. The van der Waals surface area contributed by atoms with E-state index in [-0.39, 0.29) is 78.9 Å². The first kappa shape index (κ1) is 86.5. The molecule has 1 fully saturated rings. The predicted molar refractivity (Wildman–Crippen MR) is 398 cm³/mol. The number of hydrogen-bond acceptors (Lipinski definition) is 26. The molecule has 4 aliphatic rings. The monoisotopic (exact) mass is 1590 g/mol. The number of carbonyl (C=O) groups excluding carboxylic acids is 13. The van der Waals surface area contributed by atoms with Crippen LogP contribution in [0.5, 0.6) is 23.0 Å². The number of aliphatic hydroxyl groups excluding tert-OH is 5. The SMILES string of the molecule is COc1cccc2c1C(=O)c1c(O)c3c(c(O)c1C2=O)C[C@@](O)(C(=O)CO)C[C@@H]3O[C@H]1C[C@H](NC(=O)[C@H](CC(C)C)NC(=O)[C@H](CO)NC(=O)[C@H](CO)NC(=O)[C@H](CO)NC(=O)[C@H](CCC(N)=O)NC(=O)[C@H](Cc2ccc(O)cc2)NC(=O)[C@H](CCCNC(=O)OCC2c3ccccc3-c3ccccc32)NC(C)=O)[C@H](O)[C@H](C)O1. The molecule has 36 heteroatoms. The summed E-state index contributed by atoms with van der Waals surface area (Å²) < 4.78 is 23.3. The Morgan fingerprint density at radius 3 is 1.70 bits per heavy atom. The van der Waals surface area contributed by atoms with Gasteiger partial charge < -0.3 is 118 Å². The fourth-order valence-corrected chi connectivity index (χ4v) is 14.4. The zero-order chi connectivity index (χ0) is 83.2. The number of phenolic OH excluding ortho intramolecular Hbond substituents is 3. The maximum absolute atomic E-state index is 14.4. The average molecular weight is 1590 g/mol. The molecule has 5 aromatic rings. The molecule has 1 saturated heterocycles. The van der Waals surface area contributed by atoms with Crippen molar-refractivity contribution in [2.45, 2.75) is 170 Å². The number of nitrogens with two attached hydrogens (primary N) is 1. The molecule has 13 atom stereocenters. The van der Waals surface area contributed by atoms with Gasteiger partial charge in [-0.15, -0.1) is 0 Å². The summed E-state index contributed by atoms with van der Waals surface area (Å²) in [6.07, 6.45) is -10.2. The molecule has 1 heterocycles. The predicted octanol–water partition coefficient (Wildman–Crippen LogP) is -1.87. The first-order chi connectivity index (χ1) is 54.2. The molecule has 0 bridgehead atoms. The third kappa shape index (κ3) is 20.3. The standard InChI is InChI=1S/C78H94N10O26/c1-36(2)26-51(72(104)83-50-28-60(113-37(3)65(50)97)114-57-30-78(110,58(95)34-92)29-46-62(57)69(101)64-63(67(46)99)66(98)45-16-10-18-56(111-5)61(45)68(64)100)84-74(106)53(31-89)87-76(108)55(33-91)88-75(107)54(32-90)86-71(103)49(23-24-59(79)96)82-73(105)52(27-39-19-21-40(94)22-20-39)85-70(102)48(81-38(4)93)17-11-25-80-77(109)112-35-47-43-14-8-6-12-41(43)42-13-7-9-15-44(42)47/h6-10,12-16,18-22,36-37,47-55,57,60,65,89-92,94,97,99,101,110H,11,17,23-35H2,1-5H3,(H2,79,96)(H,80,109)(H,81,93)(H,82,105)(H,83,104)(H,84,106)(H,85,102)(H,86,103)(H,87,108)(H,88,107)/t37-,48-,49-,50-,51-,52-,53-,54-,55-,57-,60-,65+,78-/m0/s1. The molecule has 3 aliphatic carbocycles. The summed E-state index contributed by atoms with van der Waals surface area (Å²) in [7, 11) is 1.24. The van der Waals surface area contributed by atoms with Crippen LogP contribution in [0, 0.1) is 5.92 Å². The van der Waals surface area contributed by atoms with Crippen LogP contribution in [0.3, 0.4) is 0 Å². The van der Waals surface area contributed by atoms with Crippen molar-refractivity contribution in [2.75, 3.05) is 46.7 Å². The van der Waals surface area contributed by atoms with Crippen LogP contribution in [0.2, 0.25) is 0 Å². The summed E-state index contributed by atoms with van der Waals surface area (Å²) in [5.74, 6) is -15.2. The molecular formula is C78H94N10O26. The van der Waals surface area contributed by atoms with Gasteiger partial charge in [-0.1, -0.05) is 86.6 Å². The average Bonchev–Trinajstić information content (AvgIpc) is 0.906. The second-order valence-corrected chi connectivity index (χ2v) is 28.7. The molecule has 0 unspecified atom stereocenters. The first-order valence-corrected chi connectivity index (χ1v) is 36.8. The minimum atomic E-state index is -2.53. The smallest absolute Gasteiger partial charge is 0.407 e. The molecule has 114 heavy (non-hydrogen) atoms. The van der Waals surface area contributed by atoms with E-state index in [4.69, 9.17) is 24.7 Å². The van der Waals surface area contributed by atoms with Gasteiger partial charge in [0.05, 0.1) is 61.9 Å². The Hall–Kier alpha value is -11.5. The molecule has 0 saturated carbocycles. The highest BCUT2D eigenvalue weighted by Gasteiger charge is 2.51. The molecule has 36 nitrogen and oxygen atoms in total. The number of primary amides is 1. The van der Waals surface area contributed by atoms with Crippen molar-refractivity contribution in [3.8, 4) is 34.1 Å². The fraction of sp³-hybridized carbons (Fsp3) is 0.449. The van der Waals surface area contributed by atoms with Gasteiger partial charge in [-0.25, -0.2) is 4.79 Å². The maximum atomic E-state index is 14.4. The van der Waals surface area contributed by atoms with Crippen molar-refractivity contribution >= 4 is 76.6 Å². The number of ketones is 3. The quantitative estimate of drug-likeness (QED) is 0.0151. The molecule has 9 rings (SSSR count). The minimum Gasteiger partial charge on any atom is -0.508 e. The lowest BCUT2D eigenvalue weighted by Crippen LogP contribution is -2.62. The van der Waals surface area contributed by atoms with E-state index in [1.807, 2.05) is 48.5 Å². The molecule has 0 radical (unpaired) electrons. The Bertz CT molecular complexity index is 4440. The van der Waals surface area contributed by atoms with Crippen LogP contribution in [0.25, 0.3) is 11.1 Å². The third-order valence-corrected chi connectivity index (χ3v) is 20.2. The van der Waals surface area contributed by atoms with Crippen molar-refractivity contribution in [2.24, 2.45) is 11.7 Å². The number of phenols is 3. The number of amides is 10. The van der Waals surface area contributed by atoms with Crippen LogP contribution in [0.15, 0.2) is 91.0 Å². The van der Waals surface area contributed by atoms with Gasteiger partial charge in [0.2, 0.25) is 58.9 Å². The number of alkyl carbamates (subject to hydrolysis) is 1. The van der Waals surface area contributed by atoms with Crippen LogP contribution >= 0.6 is 0 Å². The molecule has 5 aromatic carbocycles. The summed E-state index contributed by atoms with van der Waals surface area (Å²) in [5, 5.41) is 120. The zero-order valence-corrected chi connectivity index (χ0v) is 62.9. The number of methoxy groups -OCH3 is 1. The zero-order valence-electron chi connectivity index (χ0n) is 62.9. The summed E-state index contributed by atoms with van der Waals surface area (Å²) in [6.45, 7) is 1.05. The van der Waals surface area contributed by atoms with Crippen molar-refractivity contribution in [3.63, 3.8) is 0 Å². The van der Waals surface area contributed by atoms with E-state index >= 15 is 0 Å². The lowest BCUT2D eigenvalue weighted by Gasteiger charge is -2.43. The highest BCUT2D eigenvalue weighted by Crippen LogP contribution is 2.53. The first-order valence-electron chi connectivity index (χ1n) is 36.8. The van der Waals surface area contributed by atoms with Crippen molar-refractivity contribution < 1.29 is 127 Å². The minimum absolute atomic E-state index is 0.0197. The van der Waals surface area contributed by atoms with E-state index in [2.05, 4.69) is 47.9 Å². The second kappa shape index (κ2) is 38.3. The molecule has 0 spiro atoms. The highest BCUT2D eigenvalue weighted by atomic mass is 16.7. The number of rotatable bonds is 36. The normalized spacial score (nSPS) is 19.8. The van der Waals surface area contributed by atoms with Gasteiger partial charge in [-0.05, 0) is 84.5 Å². The maximum Gasteiger partial charge on any atom is 0.407 e. The summed E-state index contributed by atoms with van der Waals surface area (Å²) in [6, 6.07) is 11.6. The number of aromatic hydroxyl groups is 3. The van der Waals surface area contributed by atoms with E-state index in [0.717, 1.165) is 29.2 Å². The van der Waals surface area contributed by atoms with Crippen LogP contribution in [0.4, 0.5) is 4.79 Å². The van der Waals surface area contributed by atoms with Crippen LogP contribution in [0.1, 0.15) is 144 Å².